The number of benzene rings is 4. The van der Waals surface area contributed by atoms with Gasteiger partial charge >= 0.3 is 11.7 Å². The number of rotatable bonds is 29. The van der Waals surface area contributed by atoms with Crippen molar-refractivity contribution in [1.82, 2.24) is 41.1 Å². The zero-order valence-corrected chi connectivity index (χ0v) is 53.2. The first-order valence-electron chi connectivity index (χ1n) is 29.7. The van der Waals surface area contributed by atoms with Crippen LogP contribution in [-0.4, -0.2) is 131 Å². The number of amides is 6. The van der Waals surface area contributed by atoms with Gasteiger partial charge in [-0.15, -0.1) is 11.8 Å². The van der Waals surface area contributed by atoms with Crippen LogP contribution in [0, 0.1) is 11.8 Å². The normalized spacial score (nSPS) is 16.4. The predicted molar refractivity (Wildman–Crippen MR) is 341 cm³/mol. The number of thioether (sulfide) groups is 1. The van der Waals surface area contributed by atoms with E-state index in [1.165, 1.54) is 42.6 Å². The number of aromatic amines is 1. The monoisotopic (exact) mass is 1240 g/mol. The first-order chi connectivity index (χ1) is 42.0. The summed E-state index contributed by atoms with van der Waals surface area (Å²) in [4.78, 5) is 116. The summed E-state index contributed by atoms with van der Waals surface area (Å²) < 4.78 is 19.9. The van der Waals surface area contributed by atoms with Gasteiger partial charge in [0.2, 0.25) is 35.4 Å². The number of ether oxygens (including phenoxy) is 2. The van der Waals surface area contributed by atoms with Crippen molar-refractivity contribution in [2.45, 2.75) is 147 Å². The molecule has 1 aliphatic rings. The smallest absolute Gasteiger partial charge is 0.351 e. The molecule has 6 aromatic rings. The molecular formula is C65H83N9O12SSi. The van der Waals surface area contributed by atoms with Crippen LogP contribution in [0.3, 0.4) is 0 Å². The number of aliphatic hydroxyl groups excluding tert-OH is 1. The van der Waals surface area contributed by atoms with Gasteiger partial charge in [-0.1, -0.05) is 158 Å². The van der Waals surface area contributed by atoms with E-state index in [9.17, 15) is 43.5 Å². The molecule has 0 radical (unpaired) electrons. The fourth-order valence-corrected chi connectivity index (χ4v) is 16.6. The summed E-state index contributed by atoms with van der Waals surface area (Å²) in [5, 5.41) is 30.9. The molecule has 8 atom stereocenters. The lowest BCUT2D eigenvalue weighted by atomic mass is 9.95. The number of aliphatic hydroxyl groups is 1. The van der Waals surface area contributed by atoms with Crippen LogP contribution in [0.2, 0.25) is 5.04 Å². The molecule has 1 unspecified atom stereocenters. The highest BCUT2D eigenvalue weighted by atomic mass is 32.2. The van der Waals surface area contributed by atoms with E-state index >= 15 is 0 Å². The molecule has 8 N–H and O–H groups in total. The highest BCUT2D eigenvalue weighted by Crippen LogP contribution is 2.39. The molecule has 470 valence electrons. The zero-order valence-electron chi connectivity index (χ0n) is 51.4. The molecule has 0 bridgehead atoms. The number of carbonyl (C=O) groups is 7. The Morgan fingerprint density at radius 3 is 1.99 bits per heavy atom. The van der Waals surface area contributed by atoms with Gasteiger partial charge in [0.15, 0.2) is 0 Å². The number of carbonyl (C=O) groups excluding carboxylic acids is 7. The fourth-order valence-electron chi connectivity index (χ4n) is 11.0. The van der Waals surface area contributed by atoms with E-state index in [2.05, 4.69) is 86.9 Å². The molecule has 3 heterocycles. The number of aromatic nitrogens is 3. The van der Waals surface area contributed by atoms with Gasteiger partial charge in [0.25, 0.3) is 8.32 Å². The Labute approximate surface area is 518 Å². The molecular weight excluding hydrogens is 1160 g/mol. The molecule has 0 saturated carbocycles. The third kappa shape index (κ3) is 18.1. The molecule has 4 aromatic carbocycles. The largest absolute Gasteiger partial charge is 0.467 e. The molecule has 0 aliphatic carbocycles. The Morgan fingerprint density at radius 2 is 1.39 bits per heavy atom. The zero-order chi connectivity index (χ0) is 63.7. The van der Waals surface area contributed by atoms with Gasteiger partial charge < -0.3 is 55.9 Å². The molecule has 23 heteroatoms. The number of hydrogen-bond donors (Lipinski definition) is 8. The Balaban J connectivity index is 1.01. The van der Waals surface area contributed by atoms with E-state index in [-0.39, 0.29) is 55.5 Å². The van der Waals surface area contributed by atoms with Crippen molar-refractivity contribution in [2.75, 3.05) is 24.8 Å². The third-order valence-corrected chi connectivity index (χ3v) is 21.4. The Bertz CT molecular complexity index is 3360. The number of fused-ring (bicyclic) bond motifs is 1. The topological polar surface area (TPSA) is 290 Å². The number of methoxy groups -OCH3 is 1. The number of anilines is 1. The van der Waals surface area contributed by atoms with Crippen LogP contribution in [0.1, 0.15) is 98.4 Å². The minimum absolute atomic E-state index is 0.0315. The van der Waals surface area contributed by atoms with Crippen LogP contribution in [0.15, 0.2) is 139 Å². The molecule has 1 fully saturated rings. The third-order valence-electron chi connectivity index (χ3n) is 15.3. The first kappa shape index (κ1) is 67.5. The molecule has 1 aliphatic heterocycles. The van der Waals surface area contributed by atoms with Crippen molar-refractivity contribution in [3.63, 3.8) is 0 Å². The number of hydrogen-bond acceptors (Lipinski definition) is 14. The Morgan fingerprint density at radius 1 is 0.761 bits per heavy atom. The minimum atomic E-state index is -2.87. The summed E-state index contributed by atoms with van der Waals surface area (Å²) in [6, 6.07) is 32.5. The molecule has 88 heavy (non-hydrogen) atoms. The molecule has 21 nitrogen and oxygen atoms in total. The quantitative estimate of drug-likeness (QED) is 0.0222. The van der Waals surface area contributed by atoms with Crippen LogP contribution in [0.25, 0.3) is 10.9 Å². The van der Waals surface area contributed by atoms with Gasteiger partial charge in [0.1, 0.15) is 41.6 Å². The van der Waals surface area contributed by atoms with Crippen molar-refractivity contribution in [1.29, 1.82) is 0 Å². The average molecular weight is 1240 g/mol. The van der Waals surface area contributed by atoms with Gasteiger partial charge in [-0.3, -0.25) is 33.3 Å². The summed E-state index contributed by atoms with van der Waals surface area (Å²) >= 11 is 1.52. The number of para-hydroxylation sites is 1. The molecule has 6 amide bonds. The Hall–Kier alpha value is -7.96. The molecule has 2 aromatic heterocycles. The standard InChI is InChI=1S/C65H83N9O12SSi/c1-40(2)33-50(69-62(81)59(41(3)4)73-61(80)51(67-42(5)75)35-44-37-66-48-28-20-19-27-47(44)48)53(76)36-56(78)68-49(60(79)70-52(63(82)84-9)34-43-21-13-10-14-22-43)29-30-55(77)71-54-31-32-74(64(83)72-54)57-39-87-58(86-57)38-85-88(65(6,7)8,45-23-15-11-16-24-45)46-25-17-12-18-26-46/h10-28,31-32,37,40-41,49-53,57-59,66,76H,29-30,33-36,38-39H2,1-9H3,(H,67,75)(H,68,78)(H,69,81)(H,70,79)(H,73,80)(H,71,72,77,83)/t49-,50?,51-,52-,53-,57+,58-,59-/m0/s1. The van der Waals surface area contributed by atoms with Crippen molar-refractivity contribution in [2.24, 2.45) is 11.8 Å². The highest BCUT2D eigenvalue weighted by molar-refractivity contribution is 8.00. The maximum atomic E-state index is 14.2. The predicted octanol–water partition coefficient (Wildman–Crippen LogP) is 5.16. The van der Waals surface area contributed by atoms with Gasteiger partial charge in [-0.05, 0) is 63.3 Å². The summed E-state index contributed by atoms with van der Waals surface area (Å²) in [5.74, 6) is -4.99. The van der Waals surface area contributed by atoms with Crippen molar-refractivity contribution in [3.8, 4) is 0 Å². The Kier molecular flexibility index (Phi) is 24.0. The van der Waals surface area contributed by atoms with Crippen molar-refractivity contribution < 1.29 is 52.6 Å². The lowest BCUT2D eigenvalue weighted by molar-refractivity contribution is -0.145. The highest BCUT2D eigenvalue weighted by Gasteiger charge is 2.51. The molecule has 1 saturated heterocycles. The van der Waals surface area contributed by atoms with Crippen LogP contribution >= 0.6 is 11.8 Å². The van der Waals surface area contributed by atoms with Crippen LogP contribution < -0.4 is 48.0 Å². The fraction of sp³-hybridized carbons (Fsp3) is 0.431. The summed E-state index contributed by atoms with van der Waals surface area (Å²) in [6.45, 7) is 15.3. The van der Waals surface area contributed by atoms with Crippen molar-refractivity contribution >= 4 is 88.6 Å². The van der Waals surface area contributed by atoms with Crippen LogP contribution in [-0.2, 0) is 60.3 Å². The maximum absolute atomic E-state index is 14.2. The van der Waals surface area contributed by atoms with E-state index in [0.717, 1.165) is 26.8 Å². The van der Waals surface area contributed by atoms with E-state index in [1.807, 2.05) is 74.5 Å². The van der Waals surface area contributed by atoms with E-state index < -0.39 is 116 Å². The van der Waals surface area contributed by atoms with Crippen molar-refractivity contribution in [3.05, 3.63) is 155 Å². The van der Waals surface area contributed by atoms with Gasteiger partial charge in [-0.2, -0.15) is 4.98 Å². The van der Waals surface area contributed by atoms with Crippen LogP contribution in [0.4, 0.5) is 5.82 Å². The van der Waals surface area contributed by atoms with E-state index in [4.69, 9.17) is 13.9 Å². The second-order valence-corrected chi connectivity index (χ2v) is 29.4. The van der Waals surface area contributed by atoms with Crippen LogP contribution in [0.5, 0.6) is 0 Å². The minimum Gasteiger partial charge on any atom is -0.467 e. The molecule has 0 spiro atoms. The lowest BCUT2D eigenvalue weighted by Gasteiger charge is -2.43. The second kappa shape index (κ2) is 31.3. The second-order valence-electron chi connectivity index (χ2n) is 23.9. The SMILES string of the molecule is COC(=O)[C@H](Cc1ccccc1)NC(=O)[C@H](CCC(=O)Nc1ccn([C@H]2CS[C@@H](CO[Si](c3ccccc3)(c3ccccc3)C(C)(C)C)O2)c(=O)n1)NC(=O)C[C@H](O)C(CC(C)C)NC(=O)[C@@H](NC(=O)[C@H](Cc1c[nH]c2ccccc12)NC(C)=O)C(C)C. The lowest BCUT2D eigenvalue weighted by Crippen LogP contribution is -2.67. The number of H-pyrrole nitrogens is 1. The summed E-state index contributed by atoms with van der Waals surface area (Å²) in [5.41, 5.74) is 1.24. The van der Waals surface area contributed by atoms with Gasteiger partial charge in [0, 0.05) is 55.2 Å². The molecule has 7 rings (SSSR count). The van der Waals surface area contributed by atoms with E-state index in [1.54, 1.807) is 50.4 Å². The number of nitrogens with one attached hydrogen (secondary N) is 7. The average Bonchev–Trinajstić information content (AvgIpc) is 1.36. The number of esters is 1. The summed E-state index contributed by atoms with van der Waals surface area (Å²) in [7, 11) is -1.70. The summed E-state index contributed by atoms with van der Waals surface area (Å²) in [6.07, 6.45) is 0.0693. The number of nitrogens with zero attached hydrogens (tertiary/aromatic N) is 2. The maximum Gasteiger partial charge on any atom is 0.351 e. The van der Waals surface area contributed by atoms with Gasteiger partial charge in [-0.25, -0.2) is 9.59 Å². The van der Waals surface area contributed by atoms with E-state index in [0.29, 0.717) is 11.3 Å². The first-order valence-corrected chi connectivity index (χ1v) is 32.6. The van der Waals surface area contributed by atoms with Gasteiger partial charge in [0.05, 0.1) is 32.3 Å².